The molecule has 5 heterocycles. The van der Waals surface area contributed by atoms with E-state index in [4.69, 9.17) is 9.47 Å². The molecule has 0 spiro atoms. The Labute approximate surface area is 581 Å². The van der Waals surface area contributed by atoms with Crippen LogP contribution in [0.3, 0.4) is 0 Å². The summed E-state index contributed by atoms with van der Waals surface area (Å²) >= 11 is 0. The molecule has 12 aromatic rings. The van der Waals surface area contributed by atoms with Crippen LogP contribution in [0.1, 0.15) is 158 Å². The SMILES string of the molecule is CC(C)(C)c1cc(N2c3cc(N4c5ccccc5Oc5ccccc54)ccc3B3c4ccc(N5c6ccccc6Oc6ccccc65)cc4N(c4cc(C(C)(C)C)cc(C(C)(C)C)c4)c4cc(-n5c6ccc(C(C)(C)C)cc6c6cc(C(C)(C)C)ccc65)cc2c43)cc(C(C)(C)C)c1. The largest absolute Gasteiger partial charge is 0.453 e. The normalized spacial score (nSPS) is 14.3. The van der Waals surface area contributed by atoms with Crippen LogP contribution in [0.15, 0.2) is 218 Å². The van der Waals surface area contributed by atoms with Crippen molar-refractivity contribution in [3.8, 4) is 28.7 Å². The lowest BCUT2D eigenvalue weighted by Gasteiger charge is -2.46. The highest BCUT2D eigenvalue weighted by Gasteiger charge is 2.46. The second-order valence-electron chi connectivity index (χ2n) is 34.1. The summed E-state index contributed by atoms with van der Waals surface area (Å²) in [5, 5.41) is 2.50. The number of rotatable bonds is 5. The average Bonchev–Trinajstić information content (AvgIpc) is 0.846. The highest BCUT2D eigenvalue weighted by molar-refractivity contribution is 7.00. The molecule has 0 saturated heterocycles. The number of hydrogen-bond donors (Lipinski definition) is 0. The Morgan fingerprint density at radius 3 is 0.857 bits per heavy atom. The van der Waals surface area contributed by atoms with Crippen molar-refractivity contribution in [2.75, 3.05) is 19.6 Å². The second-order valence-corrected chi connectivity index (χ2v) is 34.1. The summed E-state index contributed by atoms with van der Waals surface area (Å²) in [6, 6.07) is 83.0. The van der Waals surface area contributed by atoms with Gasteiger partial charge in [0.05, 0.1) is 39.5 Å². The molecule has 0 atom stereocenters. The van der Waals surface area contributed by atoms with Gasteiger partial charge in [-0.05, 0) is 216 Å². The zero-order valence-corrected chi connectivity index (χ0v) is 60.4. The van der Waals surface area contributed by atoms with E-state index in [1.807, 2.05) is 0 Å². The molecule has 4 aliphatic heterocycles. The molecule has 0 aliphatic carbocycles. The predicted molar refractivity (Wildman–Crippen MR) is 417 cm³/mol. The van der Waals surface area contributed by atoms with Crippen molar-refractivity contribution in [3.63, 3.8) is 0 Å². The number of ether oxygens (including phenoxy) is 2. The molecule has 0 amide bonds. The van der Waals surface area contributed by atoms with Gasteiger partial charge in [-0.3, -0.25) is 0 Å². The molecule has 0 fully saturated rings. The lowest BCUT2D eigenvalue weighted by Crippen LogP contribution is -2.61. The minimum atomic E-state index is -0.231. The second kappa shape index (κ2) is 21.8. The maximum atomic E-state index is 6.74. The average molecular weight is 1280 g/mol. The quantitative estimate of drug-likeness (QED) is 0.160. The topological polar surface area (TPSA) is 36.4 Å². The van der Waals surface area contributed by atoms with E-state index in [2.05, 4.69) is 367 Å². The van der Waals surface area contributed by atoms with Gasteiger partial charge >= 0.3 is 0 Å². The molecule has 0 bridgehead atoms. The molecule has 490 valence electrons. The Morgan fingerprint density at radius 1 is 0.245 bits per heavy atom. The third-order valence-electron chi connectivity index (χ3n) is 21.0. The van der Waals surface area contributed by atoms with Crippen LogP contribution >= 0.6 is 0 Å². The van der Waals surface area contributed by atoms with E-state index in [-0.39, 0.29) is 39.2 Å². The maximum Gasteiger partial charge on any atom is 0.252 e. The number of nitrogens with zero attached hydrogens (tertiary/aromatic N) is 5. The van der Waals surface area contributed by atoms with Gasteiger partial charge in [-0.1, -0.05) is 210 Å². The first-order valence-electron chi connectivity index (χ1n) is 35.2. The third kappa shape index (κ3) is 10.3. The van der Waals surface area contributed by atoms with E-state index in [1.54, 1.807) is 0 Å². The van der Waals surface area contributed by atoms with Crippen molar-refractivity contribution in [1.82, 2.24) is 4.57 Å². The number of anilines is 12. The van der Waals surface area contributed by atoms with E-state index in [0.29, 0.717) is 0 Å². The van der Waals surface area contributed by atoms with Crippen LogP contribution in [-0.2, 0) is 32.5 Å². The molecule has 0 N–H and O–H groups in total. The first-order chi connectivity index (χ1) is 46.4. The highest BCUT2D eigenvalue weighted by Crippen LogP contribution is 2.56. The fourth-order valence-corrected chi connectivity index (χ4v) is 15.3. The molecule has 11 aromatic carbocycles. The summed E-state index contributed by atoms with van der Waals surface area (Å²) in [4.78, 5) is 10.1. The van der Waals surface area contributed by atoms with Crippen molar-refractivity contribution in [2.24, 2.45) is 0 Å². The molecule has 98 heavy (non-hydrogen) atoms. The molecule has 0 radical (unpaired) electrons. The smallest absolute Gasteiger partial charge is 0.252 e. The van der Waals surface area contributed by atoms with Gasteiger partial charge in [-0.25, -0.2) is 0 Å². The lowest BCUT2D eigenvalue weighted by molar-refractivity contribution is 0.477. The minimum Gasteiger partial charge on any atom is -0.453 e. The Bertz CT molecular complexity index is 4800. The van der Waals surface area contributed by atoms with Gasteiger partial charge in [0.15, 0.2) is 23.0 Å². The van der Waals surface area contributed by atoms with Gasteiger partial charge < -0.3 is 33.6 Å². The van der Waals surface area contributed by atoms with E-state index in [9.17, 15) is 0 Å². The van der Waals surface area contributed by atoms with Crippen LogP contribution in [0.2, 0.25) is 0 Å². The van der Waals surface area contributed by atoms with Crippen molar-refractivity contribution in [3.05, 3.63) is 252 Å². The molecule has 0 saturated carbocycles. The Hall–Kier alpha value is -9.92. The summed E-state index contributed by atoms with van der Waals surface area (Å²) in [6.07, 6.45) is 0. The fourth-order valence-electron chi connectivity index (χ4n) is 15.3. The number of aromatic nitrogens is 1. The summed E-state index contributed by atoms with van der Waals surface area (Å²) in [6.45, 7) is 42.1. The number of fused-ring (bicyclic) bond motifs is 11. The van der Waals surface area contributed by atoms with E-state index < -0.39 is 0 Å². The van der Waals surface area contributed by atoms with Crippen molar-refractivity contribution in [1.29, 1.82) is 0 Å². The van der Waals surface area contributed by atoms with Crippen LogP contribution in [0.5, 0.6) is 23.0 Å². The van der Waals surface area contributed by atoms with Gasteiger partial charge in [0.2, 0.25) is 0 Å². The first-order valence-corrected chi connectivity index (χ1v) is 35.2. The summed E-state index contributed by atoms with van der Waals surface area (Å²) < 4.78 is 16.1. The Kier molecular flexibility index (Phi) is 14.0. The van der Waals surface area contributed by atoms with E-state index in [0.717, 1.165) is 96.9 Å². The molecular formula is C90H90BN5O2. The fraction of sp³-hybridized carbons (Fsp3) is 0.267. The van der Waals surface area contributed by atoms with Gasteiger partial charge in [-0.15, -0.1) is 0 Å². The predicted octanol–water partition coefficient (Wildman–Crippen LogP) is 23.8. The molecular weight excluding hydrogens is 1190 g/mol. The summed E-state index contributed by atoms with van der Waals surface area (Å²) in [5.74, 6) is 3.26. The Morgan fingerprint density at radius 2 is 0.541 bits per heavy atom. The van der Waals surface area contributed by atoms with Crippen molar-refractivity contribution in [2.45, 2.75) is 157 Å². The maximum absolute atomic E-state index is 6.74. The third-order valence-corrected chi connectivity index (χ3v) is 21.0. The van der Waals surface area contributed by atoms with Crippen LogP contribution in [0.4, 0.5) is 68.2 Å². The van der Waals surface area contributed by atoms with Gasteiger partial charge in [0, 0.05) is 56.3 Å². The standard InChI is InChI=1S/C90H90BN5O2/c1-85(2,3)55-35-41-70-66(49-55)67-50-56(86(4,5)6)36-42-71(67)94(70)65-53-78-84-79(54-65)96(64-47-59(89(13,14)15)44-60(48-64)90(16,17)18)77-52-62(93-74-29-21-25-33-82(74)98-83-34-26-22-30-75(83)93)38-40-69(77)91(84)68-39-37-61(92-72-27-19-23-31-80(72)97-81-32-24-20-28-73(81)92)51-76(68)95(78)63-45-57(87(7,8)9)43-58(46-63)88(10,11)12/h19-54H,1-18H3. The van der Waals surface area contributed by atoms with Crippen molar-refractivity contribution >= 4 is 113 Å². The minimum absolute atomic E-state index is 0.0769. The van der Waals surface area contributed by atoms with Crippen LogP contribution in [-0.4, -0.2) is 11.3 Å². The van der Waals surface area contributed by atoms with Gasteiger partial charge in [0.25, 0.3) is 6.71 Å². The zero-order valence-electron chi connectivity index (χ0n) is 60.4. The molecule has 1 aromatic heterocycles. The molecule has 8 heteroatoms. The monoisotopic (exact) mass is 1280 g/mol. The molecule has 0 unspecified atom stereocenters. The summed E-state index contributed by atoms with van der Waals surface area (Å²) in [7, 11) is 0. The van der Waals surface area contributed by atoms with E-state index >= 15 is 0 Å². The zero-order chi connectivity index (χ0) is 68.7. The first kappa shape index (κ1) is 62.9. The number of hydrogen-bond acceptors (Lipinski definition) is 6. The molecule has 16 rings (SSSR count). The van der Waals surface area contributed by atoms with Crippen LogP contribution in [0, 0.1) is 0 Å². The number of para-hydroxylation sites is 8. The van der Waals surface area contributed by atoms with Crippen molar-refractivity contribution < 1.29 is 9.47 Å². The lowest BCUT2D eigenvalue weighted by atomic mass is 9.33. The van der Waals surface area contributed by atoms with Gasteiger partial charge in [-0.2, -0.15) is 0 Å². The van der Waals surface area contributed by atoms with Gasteiger partial charge in [0.1, 0.15) is 0 Å². The van der Waals surface area contributed by atoms with E-state index in [1.165, 1.54) is 71.6 Å². The Balaban J connectivity index is 1.08. The number of benzene rings is 11. The summed E-state index contributed by atoms with van der Waals surface area (Å²) in [5.41, 5.74) is 26.8. The van der Waals surface area contributed by atoms with Crippen LogP contribution < -0.4 is 45.5 Å². The van der Waals surface area contributed by atoms with Crippen LogP contribution in [0.25, 0.3) is 27.5 Å². The molecule has 4 aliphatic rings. The molecule has 7 nitrogen and oxygen atoms in total. The highest BCUT2D eigenvalue weighted by atomic mass is 16.5.